The Hall–Kier alpha value is -4.73. The summed E-state index contributed by atoms with van der Waals surface area (Å²) in [5.41, 5.74) is 1.55. The largest absolute Gasteiger partial charge is 0.497 e. The number of imide groups is 1. The molecule has 1 atom stereocenters. The van der Waals surface area contributed by atoms with Crippen LogP contribution in [0.4, 0.5) is 20.6 Å². The van der Waals surface area contributed by atoms with E-state index in [4.69, 9.17) is 9.47 Å². The molecule has 4 rings (SSSR count). The summed E-state index contributed by atoms with van der Waals surface area (Å²) < 4.78 is 23.6. The molecule has 1 fully saturated rings. The number of anilines is 2. The molecule has 10 heteroatoms. The highest BCUT2D eigenvalue weighted by molar-refractivity contribution is 6.23. The zero-order valence-electron chi connectivity index (χ0n) is 20.8. The second kappa shape index (κ2) is 11.5. The first-order chi connectivity index (χ1) is 18.3. The number of esters is 1. The van der Waals surface area contributed by atoms with Gasteiger partial charge in [-0.25, -0.2) is 18.9 Å². The Labute approximate surface area is 218 Å². The predicted octanol–water partition coefficient (Wildman–Crippen LogP) is 4.38. The van der Waals surface area contributed by atoms with Crippen LogP contribution >= 0.6 is 0 Å². The van der Waals surface area contributed by atoms with Crippen LogP contribution in [0.25, 0.3) is 0 Å². The molecule has 1 aliphatic heterocycles. The number of rotatable bonds is 8. The molecule has 1 unspecified atom stereocenters. The van der Waals surface area contributed by atoms with Crippen molar-refractivity contribution in [3.05, 3.63) is 89.7 Å². The maximum atomic E-state index is 13.5. The topological polar surface area (TPSA) is 105 Å². The molecule has 1 saturated heterocycles. The van der Waals surface area contributed by atoms with Gasteiger partial charge in [-0.15, -0.1) is 0 Å². The van der Waals surface area contributed by atoms with Gasteiger partial charge in [-0.3, -0.25) is 9.59 Å². The molecule has 3 aromatic rings. The van der Waals surface area contributed by atoms with E-state index in [9.17, 15) is 23.6 Å². The Morgan fingerprint density at radius 2 is 1.76 bits per heavy atom. The summed E-state index contributed by atoms with van der Waals surface area (Å²) in [5.74, 6) is -1.53. The van der Waals surface area contributed by atoms with E-state index in [-0.39, 0.29) is 30.8 Å². The number of nitrogens with one attached hydrogen (secondary N) is 1. The van der Waals surface area contributed by atoms with Gasteiger partial charge >= 0.3 is 12.0 Å². The summed E-state index contributed by atoms with van der Waals surface area (Å²) in [5, 5.41) is 2.75. The highest BCUT2D eigenvalue weighted by Gasteiger charge is 2.44. The lowest BCUT2D eigenvalue weighted by Crippen LogP contribution is -2.46. The van der Waals surface area contributed by atoms with E-state index in [0.717, 1.165) is 4.90 Å². The van der Waals surface area contributed by atoms with Crippen molar-refractivity contribution in [2.24, 2.45) is 0 Å². The Morgan fingerprint density at radius 3 is 2.42 bits per heavy atom. The van der Waals surface area contributed by atoms with Gasteiger partial charge in [-0.1, -0.05) is 18.2 Å². The van der Waals surface area contributed by atoms with Crippen LogP contribution in [-0.2, 0) is 20.9 Å². The molecule has 1 N–H and O–H groups in total. The first-order valence-electron chi connectivity index (χ1n) is 11.9. The third kappa shape index (κ3) is 5.80. The molecular formula is C28H26FN3O6. The predicted molar refractivity (Wildman–Crippen MR) is 137 cm³/mol. The average molecular weight is 520 g/mol. The molecule has 0 saturated carbocycles. The zero-order chi connectivity index (χ0) is 27.2. The van der Waals surface area contributed by atoms with Crippen molar-refractivity contribution in [3.63, 3.8) is 0 Å². The normalized spacial score (nSPS) is 14.8. The van der Waals surface area contributed by atoms with Crippen molar-refractivity contribution >= 4 is 35.2 Å². The maximum absolute atomic E-state index is 13.5. The molecule has 38 heavy (non-hydrogen) atoms. The lowest BCUT2D eigenvalue weighted by atomic mass is 10.1. The molecule has 0 bridgehead atoms. The lowest BCUT2D eigenvalue weighted by Gasteiger charge is -2.28. The van der Waals surface area contributed by atoms with Crippen molar-refractivity contribution in [2.45, 2.75) is 25.9 Å². The van der Waals surface area contributed by atoms with Gasteiger partial charge in [0.2, 0.25) is 5.91 Å². The average Bonchev–Trinajstić information content (AvgIpc) is 3.21. The van der Waals surface area contributed by atoms with Crippen molar-refractivity contribution in [3.8, 4) is 5.75 Å². The van der Waals surface area contributed by atoms with E-state index in [1.807, 2.05) is 0 Å². The number of halogens is 1. The Morgan fingerprint density at radius 1 is 1.05 bits per heavy atom. The smallest absolute Gasteiger partial charge is 0.338 e. The molecule has 3 aromatic carbocycles. The molecule has 196 valence electrons. The second-order valence-electron chi connectivity index (χ2n) is 8.47. The van der Waals surface area contributed by atoms with Crippen LogP contribution in [0, 0.1) is 5.82 Å². The molecule has 9 nitrogen and oxygen atoms in total. The Kier molecular flexibility index (Phi) is 8.00. The highest BCUT2D eigenvalue weighted by atomic mass is 19.1. The standard InChI is InChI=1S/C28H26FN3O6/c1-3-38-27(35)19-9-13-22(14-10-19)32-25(33)16-24(26(32)34)31(17-18-7-11-20(29)12-8-18)28(36)30-21-5-4-6-23(15-21)37-2/h4-15,24H,3,16-17H2,1-2H3,(H,30,36). The number of methoxy groups -OCH3 is 1. The fraction of sp³-hybridized carbons (Fsp3) is 0.214. The van der Waals surface area contributed by atoms with Crippen LogP contribution in [0.2, 0.25) is 0 Å². The van der Waals surface area contributed by atoms with Gasteiger partial charge in [0.25, 0.3) is 5.91 Å². The molecule has 1 heterocycles. The van der Waals surface area contributed by atoms with Gasteiger partial charge in [0, 0.05) is 18.3 Å². The van der Waals surface area contributed by atoms with Crippen LogP contribution < -0.4 is 15.0 Å². The number of benzene rings is 3. The molecule has 4 amide bonds. The first-order valence-corrected chi connectivity index (χ1v) is 11.9. The van der Waals surface area contributed by atoms with Gasteiger partial charge in [-0.05, 0) is 61.0 Å². The van der Waals surface area contributed by atoms with E-state index in [1.165, 1.54) is 60.5 Å². The number of ether oxygens (including phenoxy) is 2. The maximum Gasteiger partial charge on any atom is 0.338 e. The zero-order valence-corrected chi connectivity index (χ0v) is 20.8. The van der Waals surface area contributed by atoms with Crippen LogP contribution in [0.5, 0.6) is 5.75 Å². The van der Waals surface area contributed by atoms with Gasteiger partial charge in [0.1, 0.15) is 17.6 Å². The van der Waals surface area contributed by atoms with Gasteiger partial charge in [0.15, 0.2) is 0 Å². The van der Waals surface area contributed by atoms with Crippen LogP contribution in [0.1, 0.15) is 29.3 Å². The molecule has 0 aliphatic carbocycles. The minimum Gasteiger partial charge on any atom is -0.497 e. The minimum absolute atomic E-state index is 0.0462. The number of carbonyl (C=O) groups is 4. The third-order valence-corrected chi connectivity index (χ3v) is 5.98. The number of amides is 4. The second-order valence-corrected chi connectivity index (χ2v) is 8.47. The van der Waals surface area contributed by atoms with Crippen molar-refractivity contribution in [2.75, 3.05) is 23.9 Å². The summed E-state index contributed by atoms with van der Waals surface area (Å²) in [4.78, 5) is 54.1. The van der Waals surface area contributed by atoms with E-state index in [2.05, 4.69) is 5.32 Å². The third-order valence-electron chi connectivity index (χ3n) is 5.98. The van der Waals surface area contributed by atoms with E-state index in [0.29, 0.717) is 17.0 Å². The number of hydrogen-bond acceptors (Lipinski definition) is 6. The van der Waals surface area contributed by atoms with Gasteiger partial charge in [0.05, 0.1) is 31.4 Å². The monoisotopic (exact) mass is 519 g/mol. The van der Waals surface area contributed by atoms with Crippen LogP contribution in [-0.4, -0.2) is 48.5 Å². The Balaban J connectivity index is 1.60. The Bertz CT molecular complexity index is 1340. The van der Waals surface area contributed by atoms with Crippen molar-refractivity contribution in [1.82, 2.24) is 4.90 Å². The van der Waals surface area contributed by atoms with Gasteiger partial charge in [-0.2, -0.15) is 0 Å². The van der Waals surface area contributed by atoms with E-state index >= 15 is 0 Å². The summed E-state index contributed by atoms with van der Waals surface area (Å²) in [6.07, 6.45) is -0.245. The quantitative estimate of drug-likeness (QED) is 0.350. The highest BCUT2D eigenvalue weighted by Crippen LogP contribution is 2.28. The molecule has 1 aliphatic rings. The molecule has 0 spiro atoms. The SMILES string of the molecule is CCOC(=O)c1ccc(N2C(=O)CC(N(Cc3ccc(F)cc3)C(=O)Nc3cccc(OC)c3)C2=O)cc1. The molecular weight excluding hydrogens is 493 g/mol. The van der Waals surface area contributed by atoms with Crippen LogP contribution in [0.15, 0.2) is 72.8 Å². The number of carbonyl (C=O) groups excluding carboxylic acids is 4. The van der Waals surface area contributed by atoms with E-state index < -0.39 is 35.7 Å². The minimum atomic E-state index is -1.11. The van der Waals surface area contributed by atoms with Crippen molar-refractivity contribution in [1.29, 1.82) is 0 Å². The summed E-state index contributed by atoms with van der Waals surface area (Å²) in [6.45, 7) is 1.86. The summed E-state index contributed by atoms with van der Waals surface area (Å²) >= 11 is 0. The fourth-order valence-electron chi connectivity index (χ4n) is 4.10. The van der Waals surface area contributed by atoms with Crippen molar-refractivity contribution < 1.29 is 33.0 Å². The fourth-order valence-corrected chi connectivity index (χ4v) is 4.10. The first kappa shape index (κ1) is 26.3. The summed E-state index contributed by atoms with van der Waals surface area (Å²) in [7, 11) is 1.50. The number of nitrogens with zero attached hydrogens (tertiary/aromatic N) is 2. The summed E-state index contributed by atoms with van der Waals surface area (Å²) in [6, 6.07) is 16.4. The molecule has 0 radical (unpaired) electrons. The van der Waals surface area contributed by atoms with E-state index in [1.54, 1.807) is 31.2 Å². The number of urea groups is 1. The lowest BCUT2D eigenvalue weighted by molar-refractivity contribution is -0.122. The molecule has 0 aromatic heterocycles. The number of hydrogen-bond donors (Lipinski definition) is 1. The van der Waals surface area contributed by atoms with Crippen LogP contribution in [0.3, 0.4) is 0 Å². The van der Waals surface area contributed by atoms with Gasteiger partial charge < -0.3 is 19.7 Å².